The first-order chi connectivity index (χ1) is 9.61. The molecule has 20 heavy (non-hydrogen) atoms. The minimum atomic E-state index is 0.277. The van der Waals surface area contributed by atoms with Crippen molar-refractivity contribution >= 4 is 44.8 Å². The predicted molar refractivity (Wildman–Crippen MR) is 90.2 cm³/mol. The fourth-order valence-electron chi connectivity index (χ4n) is 3.49. The quantitative estimate of drug-likeness (QED) is 0.702. The van der Waals surface area contributed by atoms with E-state index in [1.807, 2.05) is 6.07 Å². The molecule has 1 aromatic rings. The summed E-state index contributed by atoms with van der Waals surface area (Å²) in [5.41, 5.74) is 1.34. The Hall–Kier alpha value is 0.0400. The Morgan fingerprint density at radius 3 is 2.60 bits per heavy atom. The molecule has 0 radical (unpaired) electrons. The van der Waals surface area contributed by atoms with E-state index in [2.05, 4.69) is 32.2 Å². The normalized spacial score (nSPS) is 22.2. The van der Waals surface area contributed by atoms with Gasteiger partial charge >= 0.3 is 0 Å². The zero-order chi connectivity index (χ0) is 14.2. The van der Waals surface area contributed by atoms with E-state index in [1.54, 1.807) is 0 Å². The number of nitrogens with one attached hydrogen (secondary N) is 1. The van der Waals surface area contributed by atoms with Crippen molar-refractivity contribution in [2.24, 2.45) is 0 Å². The Morgan fingerprint density at radius 2 is 1.85 bits per heavy atom. The van der Waals surface area contributed by atoms with Gasteiger partial charge in [-0.1, -0.05) is 42.5 Å². The lowest BCUT2D eigenvalue weighted by Gasteiger charge is -2.47. The summed E-state index contributed by atoms with van der Waals surface area (Å²) < 4.78 is 0.857. The van der Waals surface area contributed by atoms with Crippen LogP contribution in [-0.4, -0.2) is 25.2 Å². The molecule has 1 aliphatic heterocycles. The zero-order valence-electron chi connectivity index (χ0n) is 11.4. The molecule has 0 bridgehead atoms. The number of anilines is 1. The highest BCUT2D eigenvalue weighted by molar-refractivity contribution is 9.10. The summed E-state index contributed by atoms with van der Waals surface area (Å²) in [5.74, 6) is 0. The Bertz CT molecular complexity index is 495. The molecule has 5 heteroatoms. The molecule has 1 aliphatic carbocycles. The van der Waals surface area contributed by atoms with Crippen molar-refractivity contribution in [3.63, 3.8) is 0 Å². The fourth-order valence-corrected chi connectivity index (χ4v) is 4.37. The van der Waals surface area contributed by atoms with Gasteiger partial charge in [-0.3, -0.25) is 0 Å². The van der Waals surface area contributed by atoms with Crippen LogP contribution in [0.1, 0.15) is 32.1 Å². The highest BCUT2D eigenvalue weighted by atomic mass is 79.9. The second kappa shape index (κ2) is 6.04. The van der Waals surface area contributed by atoms with Crippen LogP contribution in [0.5, 0.6) is 0 Å². The molecule has 0 aromatic heterocycles. The maximum absolute atomic E-state index is 6.44. The van der Waals surface area contributed by atoms with E-state index in [0.717, 1.165) is 29.8 Å². The minimum absolute atomic E-state index is 0.277. The topological polar surface area (TPSA) is 15.3 Å². The molecule has 3 rings (SSSR count). The average Bonchev–Trinajstić information content (AvgIpc) is 2.46. The van der Waals surface area contributed by atoms with Gasteiger partial charge in [0.15, 0.2) is 0 Å². The summed E-state index contributed by atoms with van der Waals surface area (Å²) in [6.45, 7) is 3.04. The molecule has 0 amide bonds. The molecule has 1 saturated carbocycles. The Kier molecular flexibility index (Phi) is 4.51. The molecule has 2 nitrogen and oxygen atoms in total. The van der Waals surface area contributed by atoms with Crippen LogP contribution in [-0.2, 0) is 0 Å². The average molecular weight is 378 g/mol. The van der Waals surface area contributed by atoms with Gasteiger partial charge in [0.2, 0.25) is 0 Å². The van der Waals surface area contributed by atoms with Crippen LogP contribution in [0.4, 0.5) is 5.69 Å². The molecule has 2 aliphatic rings. The number of benzene rings is 1. The Morgan fingerprint density at radius 1 is 1.10 bits per heavy atom. The molecule has 1 heterocycles. The van der Waals surface area contributed by atoms with E-state index in [1.165, 1.54) is 32.1 Å². The fraction of sp³-hybridized carbons (Fsp3) is 0.600. The Labute approximate surface area is 138 Å². The monoisotopic (exact) mass is 376 g/mol. The number of hydrogen-bond donors (Lipinski definition) is 1. The third kappa shape index (κ3) is 2.83. The Balaban J connectivity index is 1.85. The van der Waals surface area contributed by atoms with Gasteiger partial charge in [0.05, 0.1) is 15.7 Å². The first-order valence-electron chi connectivity index (χ1n) is 7.25. The van der Waals surface area contributed by atoms with Gasteiger partial charge in [0, 0.05) is 29.6 Å². The predicted octanol–water partition coefficient (Wildman–Crippen LogP) is 4.87. The summed E-state index contributed by atoms with van der Waals surface area (Å²) in [4.78, 5) is 2.39. The molecular formula is C15H19BrCl2N2. The van der Waals surface area contributed by atoms with E-state index >= 15 is 0 Å². The maximum Gasteiger partial charge on any atom is 0.0837 e. The first-order valence-corrected chi connectivity index (χ1v) is 8.80. The SMILES string of the molecule is Clc1c(Br)ccc(N2CCNC3(CCCCC3)C2)c1Cl. The van der Waals surface area contributed by atoms with Crippen LogP contribution in [0.25, 0.3) is 0 Å². The molecule has 1 spiro atoms. The smallest absolute Gasteiger partial charge is 0.0837 e. The lowest BCUT2D eigenvalue weighted by atomic mass is 9.80. The third-order valence-corrected chi connectivity index (χ3v) is 6.30. The number of piperazine rings is 1. The van der Waals surface area contributed by atoms with Gasteiger partial charge in [0.25, 0.3) is 0 Å². The van der Waals surface area contributed by atoms with E-state index in [0.29, 0.717) is 10.0 Å². The molecule has 2 fully saturated rings. The van der Waals surface area contributed by atoms with Crippen LogP contribution in [0, 0.1) is 0 Å². The van der Waals surface area contributed by atoms with Crippen LogP contribution in [0.2, 0.25) is 10.0 Å². The summed E-state index contributed by atoms with van der Waals surface area (Å²) in [6.07, 6.45) is 6.57. The second-order valence-electron chi connectivity index (χ2n) is 5.88. The van der Waals surface area contributed by atoms with Crippen LogP contribution < -0.4 is 10.2 Å². The lowest BCUT2D eigenvalue weighted by molar-refractivity contribution is 0.216. The van der Waals surface area contributed by atoms with Crippen molar-refractivity contribution in [3.8, 4) is 0 Å². The largest absolute Gasteiger partial charge is 0.367 e. The summed E-state index contributed by atoms with van der Waals surface area (Å²) in [7, 11) is 0. The number of hydrogen-bond acceptors (Lipinski definition) is 2. The van der Waals surface area contributed by atoms with Gasteiger partial charge in [-0.2, -0.15) is 0 Å². The van der Waals surface area contributed by atoms with Crippen molar-refractivity contribution in [1.82, 2.24) is 5.32 Å². The number of halogens is 3. The zero-order valence-corrected chi connectivity index (χ0v) is 14.5. The summed E-state index contributed by atoms with van der Waals surface area (Å²) in [6, 6.07) is 4.05. The van der Waals surface area contributed by atoms with Gasteiger partial charge < -0.3 is 10.2 Å². The minimum Gasteiger partial charge on any atom is -0.367 e. The molecule has 1 N–H and O–H groups in total. The van der Waals surface area contributed by atoms with Gasteiger partial charge in [-0.25, -0.2) is 0 Å². The highest BCUT2D eigenvalue weighted by Crippen LogP contribution is 2.40. The molecule has 0 unspecified atom stereocenters. The van der Waals surface area contributed by atoms with E-state index < -0.39 is 0 Å². The van der Waals surface area contributed by atoms with E-state index in [9.17, 15) is 0 Å². The van der Waals surface area contributed by atoms with Gasteiger partial charge in [-0.15, -0.1) is 0 Å². The van der Waals surface area contributed by atoms with E-state index in [-0.39, 0.29) is 5.54 Å². The van der Waals surface area contributed by atoms with Crippen LogP contribution in [0.3, 0.4) is 0 Å². The lowest BCUT2D eigenvalue weighted by Crippen LogP contribution is -2.61. The molecule has 0 atom stereocenters. The van der Waals surface area contributed by atoms with Gasteiger partial charge in [-0.05, 0) is 40.9 Å². The standard InChI is InChI=1S/C15H19BrCl2N2/c16-11-4-5-12(14(18)13(11)17)20-9-8-19-15(10-20)6-2-1-3-7-15/h4-5,19H,1-3,6-10H2. The van der Waals surface area contributed by atoms with Crippen molar-refractivity contribution in [3.05, 3.63) is 26.7 Å². The molecule has 110 valence electrons. The first kappa shape index (κ1) is 15.0. The molecule has 1 aromatic carbocycles. The highest BCUT2D eigenvalue weighted by Gasteiger charge is 2.36. The second-order valence-corrected chi connectivity index (χ2v) is 7.49. The van der Waals surface area contributed by atoms with Crippen LogP contribution >= 0.6 is 39.1 Å². The van der Waals surface area contributed by atoms with Crippen LogP contribution in [0.15, 0.2) is 16.6 Å². The summed E-state index contributed by atoms with van der Waals surface area (Å²) in [5, 5.41) is 5.03. The van der Waals surface area contributed by atoms with Crippen molar-refractivity contribution in [2.45, 2.75) is 37.6 Å². The number of nitrogens with zero attached hydrogens (tertiary/aromatic N) is 1. The van der Waals surface area contributed by atoms with E-state index in [4.69, 9.17) is 23.2 Å². The van der Waals surface area contributed by atoms with Crippen molar-refractivity contribution in [1.29, 1.82) is 0 Å². The van der Waals surface area contributed by atoms with Gasteiger partial charge in [0.1, 0.15) is 0 Å². The maximum atomic E-state index is 6.44. The van der Waals surface area contributed by atoms with Crippen molar-refractivity contribution in [2.75, 3.05) is 24.5 Å². The molecule has 1 saturated heterocycles. The molecular weight excluding hydrogens is 359 g/mol. The number of rotatable bonds is 1. The third-order valence-electron chi connectivity index (χ3n) is 4.54. The van der Waals surface area contributed by atoms with Crippen molar-refractivity contribution < 1.29 is 0 Å². The summed E-state index contributed by atoms with van der Waals surface area (Å²) >= 11 is 16.1.